The number of carbonyl (C=O) groups is 1. The first-order valence-electron chi connectivity index (χ1n) is 8.07. The summed E-state index contributed by atoms with van der Waals surface area (Å²) >= 11 is 1.28. The highest BCUT2D eigenvalue weighted by Gasteiger charge is 2.08. The number of carbonyl (C=O) groups excluding carboxylic acids is 1. The zero-order chi connectivity index (χ0) is 18.4. The molecule has 2 N–H and O–H groups in total. The fraction of sp³-hybridized carbons (Fsp3) is 0.222. The van der Waals surface area contributed by atoms with Gasteiger partial charge in [-0.3, -0.25) is 10.3 Å². The predicted octanol–water partition coefficient (Wildman–Crippen LogP) is 3.45. The van der Waals surface area contributed by atoms with Gasteiger partial charge in [0.15, 0.2) is 5.01 Å². The van der Waals surface area contributed by atoms with Crippen molar-refractivity contribution in [2.75, 3.05) is 5.32 Å². The molecule has 8 heteroatoms. The molecule has 2 amide bonds. The minimum Gasteiger partial charge on any atom is -0.486 e. The molecule has 2 aromatic heterocycles. The molecule has 0 fully saturated rings. The van der Waals surface area contributed by atoms with Gasteiger partial charge in [0.2, 0.25) is 5.13 Å². The summed E-state index contributed by atoms with van der Waals surface area (Å²) in [5, 5.41) is 14.5. The van der Waals surface area contributed by atoms with Gasteiger partial charge < -0.3 is 10.1 Å². The normalized spacial score (nSPS) is 10.4. The Morgan fingerprint density at radius 1 is 1.15 bits per heavy atom. The first-order chi connectivity index (χ1) is 12.6. The summed E-state index contributed by atoms with van der Waals surface area (Å²) in [7, 11) is 0. The van der Waals surface area contributed by atoms with Gasteiger partial charge in [0.25, 0.3) is 0 Å². The Balaban J connectivity index is 1.46. The van der Waals surface area contributed by atoms with E-state index in [2.05, 4.69) is 25.8 Å². The molecule has 0 unspecified atom stereocenters. The SMILES string of the molecule is Cc1ccc(OCc2nnc(NC(=O)NCc3ccnc(C)c3)s2)cc1. The number of anilines is 1. The number of hydrogen-bond acceptors (Lipinski definition) is 6. The quantitative estimate of drug-likeness (QED) is 0.695. The van der Waals surface area contributed by atoms with Crippen LogP contribution in [0, 0.1) is 13.8 Å². The molecule has 0 aliphatic rings. The van der Waals surface area contributed by atoms with Crippen LogP contribution in [0.3, 0.4) is 0 Å². The van der Waals surface area contributed by atoms with E-state index in [0.717, 1.165) is 17.0 Å². The van der Waals surface area contributed by atoms with Gasteiger partial charge in [-0.2, -0.15) is 0 Å². The zero-order valence-corrected chi connectivity index (χ0v) is 15.3. The summed E-state index contributed by atoms with van der Waals surface area (Å²) in [4.78, 5) is 16.1. The van der Waals surface area contributed by atoms with E-state index in [0.29, 0.717) is 23.3 Å². The molecule has 0 bridgehead atoms. The number of nitrogens with one attached hydrogen (secondary N) is 2. The van der Waals surface area contributed by atoms with Crippen LogP contribution in [0.25, 0.3) is 0 Å². The number of amides is 2. The molecular formula is C18H19N5O2S. The van der Waals surface area contributed by atoms with Crippen LogP contribution in [-0.4, -0.2) is 21.2 Å². The van der Waals surface area contributed by atoms with Gasteiger partial charge in [-0.15, -0.1) is 10.2 Å². The molecule has 0 spiro atoms. The van der Waals surface area contributed by atoms with Crippen molar-refractivity contribution in [1.29, 1.82) is 0 Å². The number of nitrogens with zero attached hydrogens (tertiary/aromatic N) is 3. The summed E-state index contributed by atoms with van der Waals surface area (Å²) in [6, 6.07) is 11.2. The van der Waals surface area contributed by atoms with Crippen LogP contribution < -0.4 is 15.4 Å². The molecular weight excluding hydrogens is 350 g/mol. The van der Waals surface area contributed by atoms with Gasteiger partial charge in [-0.1, -0.05) is 29.0 Å². The lowest BCUT2D eigenvalue weighted by molar-refractivity contribution is 0.251. The lowest BCUT2D eigenvalue weighted by atomic mass is 10.2. The minimum atomic E-state index is -0.332. The van der Waals surface area contributed by atoms with Crippen molar-refractivity contribution in [3.8, 4) is 5.75 Å². The van der Waals surface area contributed by atoms with Crippen LogP contribution in [0.2, 0.25) is 0 Å². The molecule has 7 nitrogen and oxygen atoms in total. The Bertz CT molecular complexity index is 879. The first-order valence-corrected chi connectivity index (χ1v) is 8.88. The maximum atomic E-state index is 12.0. The summed E-state index contributed by atoms with van der Waals surface area (Å²) < 4.78 is 5.66. The van der Waals surface area contributed by atoms with Gasteiger partial charge in [-0.05, 0) is 43.7 Å². The fourth-order valence-corrected chi connectivity index (χ4v) is 2.83. The van der Waals surface area contributed by atoms with E-state index in [4.69, 9.17) is 4.74 Å². The van der Waals surface area contributed by atoms with E-state index in [1.54, 1.807) is 6.20 Å². The number of aryl methyl sites for hydroxylation is 2. The molecule has 2 heterocycles. The minimum absolute atomic E-state index is 0.306. The van der Waals surface area contributed by atoms with Crippen LogP contribution in [-0.2, 0) is 13.2 Å². The van der Waals surface area contributed by atoms with Crippen LogP contribution >= 0.6 is 11.3 Å². The highest BCUT2D eigenvalue weighted by atomic mass is 32.1. The van der Waals surface area contributed by atoms with E-state index in [1.165, 1.54) is 16.9 Å². The van der Waals surface area contributed by atoms with Gasteiger partial charge in [0.1, 0.15) is 12.4 Å². The standard InChI is InChI=1S/C18H19N5O2S/c1-12-3-5-15(6-4-12)25-11-16-22-23-18(26-16)21-17(24)20-10-14-7-8-19-13(2)9-14/h3-9H,10-11H2,1-2H3,(H2,20,21,23,24). The Labute approximate surface area is 155 Å². The summed E-state index contributed by atoms with van der Waals surface area (Å²) in [5.41, 5.74) is 3.07. The molecule has 0 atom stereocenters. The predicted molar refractivity (Wildman–Crippen MR) is 100 cm³/mol. The molecule has 0 aliphatic heterocycles. The Hall–Kier alpha value is -3.00. The molecule has 0 aliphatic carbocycles. The number of aromatic nitrogens is 3. The number of pyridine rings is 1. The third-order valence-electron chi connectivity index (χ3n) is 3.48. The molecule has 0 radical (unpaired) electrons. The monoisotopic (exact) mass is 369 g/mol. The Kier molecular flexibility index (Phi) is 5.75. The van der Waals surface area contributed by atoms with Crippen LogP contribution in [0.5, 0.6) is 5.75 Å². The lowest BCUT2D eigenvalue weighted by Crippen LogP contribution is -2.28. The highest BCUT2D eigenvalue weighted by Crippen LogP contribution is 2.18. The van der Waals surface area contributed by atoms with Gasteiger partial charge in [-0.25, -0.2) is 4.79 Å². The topological polar surface area (TPSA) is 89.0 Å². The highest BCUT2D eigenvalue weighted by molar-refractivity contribution is 7.15. The number of rotatable bonds is 6. The molecule has 1 aromatic carbocycles. The van der Waals surface area contributed by atoms with Crippen LogP contribution in [0.15, 0.2) is 42.6 Å². The second-order valence-corrected chi connectivity index (χ2v) is 6.78. The number of benzene rings is 1. The maximum absolute atomic E-state index is 12.0. The molecule has 3 rings (SSSR count). The van der Waals surface area contributed by atoms with Crippen molar-refractivity contribution in [1.82, 2.24) is 20.5 Å². The first kappa shape index (κ1) is 17.8. The van der Waals surface area contributed by atoms with Crippen molar-refractivity contribution in [2.24, 2.45) is 0 Å². The molecule has 3 aromatic rings. The second-order valence-electron chi connectivity index (χ2n) is 5.72. The number of hydrogen-bond donors (Lipinski definition) is 2. The Morgan fingerprint density at radius 2 is 1.96 bits per heavy atom. The van der Waals surface area contributed by atoms with Crippen molar-refractivity contribution >= 4 is 22.5 Å². The zero-order valence-electron chi connectivity index (χ0n) is 14.5. The van der Waals surface area contributed by atoms with Crippen molar-refractivity contribution in [3.05, 3.63) is 64.4 Å². The summed E-state index contributed by atoms with van der Waals surface area (Å²) in [6.45, 7) is 4.65. The molecule has 0 saturated heterocycles. The van der Waals surface area contributed by atoms with Crippen LogP contribution in [0.4, 0.5) is 9.93 Å². The van der Waals surface area contributed by atoms with E-state index in [1.807, 2.05) is 50.2 Å². The third-order valence-corrected chi connectivity index (χ3v) is 4.30. The number of urea groups is 1. The van der Waals surface area contributed by atoms with E-state index in [-0.39, 0.29) is 6.03 Å². The molecule has 134 valence electrons. The van der Waals surface area contributed by atoms with Crippen molar-refractivity contribution in [3.63, 3.8) is 0 Å². The Morgan fingerprint density at radius 3 is 2.73 bits per heavy atom. The fourth-order valence-electron chi connectivity index (χ4n) is 2.18. The van der Waals surface area contributed by atoms with Gasteiger partial charge in [0.05, 0.1) is 0 Å². The summed E-state index contributed by atoms with van der Waals surface area (Å²) in [5.74, 6) is 0.769. The number of ether oxygens (including phenoxy) is 1. The molecule has 0 saturated carbocycles. The van der Waals surface area contributed by atoms with Gasteiger partial charge >= 0.3 is 6.03 Å². The average molecular weight is 369 g/mol. The average Bonchev–Trinajstić information content (AvgIpc) is 3.07. The van der Waals surface area contributed by atoms with Crippen molar-refractivity contribution in [2.45, 2.75) is 27.0 Å². The smallest absolute Gasteiger partial charge is 0.321 e. The maximum Gasteiger partial charge on any atom is 0.321 e. The lowest BCUT2D eigenvalue weighted by Gasteiger charge is -2.05. The van der Waals surface area contributed by atoms with E-state index in [9.17, 15) is 4.79 Å². The van der Waals surface area contributed by atoms with E-state index >= 15 is 0 Å². The second kappa shape index (κ2) is 8.39. The third kappa shape index (κ3) is 5.25. The van der Waals surface area contributed by atoms with Crippen LogP contribution in [0.1, 0.15) is 21.8 Å². The van der Waals surface area contributed by atoms with Crippen molar-refractivity contribution < 1.29 is 9.53 Å². The van der Waals surface area contributed by atoms with Gasteiger partial charge in [0, 0.05) is 18.4 Å². The molecule has 26 heavy (non-hydrogen) atoms. The van der Waals surface area contributed by atoms with E-state index < -0.39 is 0 Å². The summed E-state index contributed by atoms with van der Waals surface area (Å²) in [6.07, 6.45) is 1.72. The largest absolute Gasteiger partial charge is 0.486 e.